The number of Topliss-reactive ketones (excluding diaryl/α,β-unsaturated/α-hetero) is 1. The van der Waals surface area contributed by atoms with E-state index in [1.54, 1.807) is 11.4 Å². The summed E-state index contributed by atoms with van der Waals surface area (Å²) in [6.07, 6.45) is -18.8. The maximum atomic E-state index is 15.4. The summed E-state index contributed by atoms with van der Waals surface area (Å²) in [4.78, 5) is 81.8. The van der Waals surface area contributed by atoms with Crippen LogP contribution in [0.15, 0.2) is 35.4 Å². The van der Waals surface area contributed by atoms with Gasteiger partial charge in [0.2, 0.25) is 0 Å². The molecule has 1 aromatic carbocycles. The van der Waals surface area contributed by atoms with E-state index in [1.807, 2.05) is 0 Å². The Hall–Kier alpha value is -4.92. The number of methoxy groups -OCH3 is 2. The highest BCUT2D eigenvalue weighted by atomic mass is 19.3. The van der Waals surface area contributed by atoms with Crippen LogP contribution >= 0.6 is 0 Å². The van der Waals surface area contributed by atoms with Gasteiger partial charge < -0.3 is 58.5 Å². The zero-order valence-electron chi connectivity index (χ0n) is 35.4. The molecule has 2 saturated carbocycles. The normalized spacial score (nSPS) is 32.6. The molecule has 5 rings (SSSR count). The number of benzene rings is 1. The Morgan fingerprint density at radius 2 is 1.69 bits per heavy atom. The first-order valence-corrected chi connectivity index (χ1v) is 19.4. The first kappa shape index (κ1) is 47.1. The Bertz CT molecular complexity index is 1960. The summed E-state index contributed by atoms with van der Waals surface area (Å²) in [6.45, 7) is 10.5. The van der Waals surface area contributed by atoms with Crippen LogP contribution in [0, 0.1) is 16.7 Å². The Kier molecular flexibility index (Phi) is 12.9. The number of nitrogens with one attached hydrogen (secondary N) is 1. The summed E-state index contributed by atoms with van der Waals surface area (Å²) in [6, 6.07) is 3.14. The van der Waals surface area contributed by atoms with E-state index < -0.39 is 132 Å². The number of alkyl halides is 2. The SMILES string of the molecule is COC(=O)O[C@H]1C(=O)[C@@]2(C)[C@H]([C@H](OC(=O)c3cccc(OC)c3)[C@]3(O)C[C@H](OC(=O)[C@H](O)[C@@H](NC(=O)OC(C)(C)C)C(F)F)C(C)=C1C3(C)C)[C@]1(OC(C)=O)CO[C@@H]1C[C@@H]2O. The van der Waals surface area contributed by atoms with Gasteiger partial charge in [0.25, 0.3) is 6.43 Å². The van der Waals surface area contributed by atoms with Crippen molar-refractivity contribution in [1.29, 1.82) is 0 Å². The number of carbonyl (C=O) groups is 6. The number of rotatable bonds is 10. The Balaban J connectivity index is 1.75. The van der Waals surface area contributed by atoms with Gasteiger partial charge in [0, 0.05) is 25.2 Å². The molecule has 1 saturated heterocycles. The molecule has 2 bridgehead atoms. The number of ether oxygens (including phenoxy) is 8. The molecule has 4 N–H and O–H groups in total. The molecule has 0 spiro atoms. The molecule has 4 aliphatic rings. The number of aliphatic hydroxyl groups is 3. The summed E-state index contributed by atoms with van der Waals surface area (Å²) in [7, 11) is 2.31. The summed E-state index contributed by atoms with van der Waals surface area (Å²) < 4.78 is 73.1. The van der Waals surface area contributed by atoms with Gasteiger partial charge in [-0.05, 0) is 64.0 Å². The van der Waals surface area contributed by atoms with Gasteiger partial charge >= 0.3 is 30.2 Å². The van der Waals surface area contributed by atoms with E-state index in [4.69, 9.17) is 37.9 Å². The molecule has 18 nitrogen and oxygen atoms in total. The van der Waals surface area contributed by atoms with E-state index in [2.05, 4.69) is 0 Å². The predicted octanol–water partition coefficient (Wildman–Crippen LogP) is 2.95. The van der Waals surface area contributed by atoms with Crippen LogP contribution in [0.4, 0.5) is 18.4 Å². The maximum absolute atomic E-state index is 15.4. The zero-order chi connectivity index (χ0) is 45.8. The van der Waals surface area contributed by atoms with Crippen molar-refractivity contribution in [1.82, 2.24) is 5.32 Å². The van der Waals surface area contributed by atoms with E-state index >= 15 is 4.79 Å². The molecule has 1 aromatic rings. The molecule has 338 valence electrons. The van der Waals surface area contributed by atoms with Gasteiger partial charge in [-0.25, -0.2) is 28.0 Å². The van der Waals surface area contributed by atoms with Crippen molar-refractivity contribution < 1.29 is 90.8 Å². The number of fused-ring (bicyclic) bond motifs is 5. The number of alkyl carbamates (subject to hydrolysis) is 1. The lowest BCUT2D eigenvalue weighted by molar-refractivity contribution is -0.346. The van der Waals surface area contributed by atoms with Crippen LogP contribution in [0.25, 0.3) is 0 Å². The molecular weight excluding hydrogens is 816 g/mol. The number of halogens is 2. The molecule has 1 aliphatic heterocycles. The minimum atomic E-state index is -3.54. The zero-order valence-corrected chi connectivity index (χ0v) is 35.4. The number of ketones is 1. The fraction of sp³-hybridized carbons (Fsp3) is 0.659. The molecule has 0 unspecified atom stereocenters. The third-order valence-corrected chi connectivity index (χ3v) is 12.4. The van der Waals surface area contributed by atoms with Crippen LogP contribution in [-0.4, -0.2) is 138 Å². The Morgan fingerprint density at radius 3 is 2.23 bits per heavy atom. The molecule has 3 fully saturated rings. The summed E-state index contributed by atoms with van der Waals surface area (Å²) in [5, 5.41) is 38.3. The first-order valence-electron chi connectivity index (χ1n) is 19.4. The van der Waals surface area contributed by atoms with Crippen LogP contribution in [0.1, 0.15) is 78.6 Å². The average Bonchev–Trinajstić information content (AvgIpc) is 3.16. The number of esters is 3. The number of carbonyl (C=O) groups excluding carboxylic acids is 6. The quantitative estimate of drug-likeness (QED) is 0.150. The molecule has 0 radical (unpaired) electrons. The fourth-order valence-corrected chi connectivity index (χ4v) is 9.25. The second kappa shape index (κ2) is 16.7. The summed E-state index contributed by atoms with van der Waals surface area (Å²) >= 11 is 0. The molecule has 61 heavy (non-hydrogen) atoms. The number of amides is 1. The second-order valence-electron chi connectivity index (χ2n) is 17.5. The van der Waals surface area contributed by atoms with Gasteiger partial charge in [-0.1, -0.05) is 19.9 Å². The first-order chi connectivity index (χ1) is 28.2. The van der Waals surface area contributed by atoms with Crippen molar-refractivity contribution in [3.8, 4) is 5.75 Å². The van der Waals surface area contributed by atoms with E-state index in [0.717, 1.165) is 14.0 Å². The number of aliphatic hydroxyl groups excluding tert-OH is 2. The lowest BCUT2D eigenvalue weighted by atomic mass is 9.44. The predicted molar refractivity (Wildman–Crippen MR) is 202 cm³/mol. The van der Waals surface area contributed by atoms with E-state index in [9.17, 15) is 48.1 Å². The highest BCUT2D eigenvalue weighted by molar-refractivity contribution is 5.95. The van der Waals surface area contributed by atoms with Crippen LogP contribution in [0.2, 0.25) is 0 Å². The van der Waals surface area contributed by atoms with Gasteiger partial charge in [-0.3, -0.25) is 9.59 Å². The number of hydrogen-bond acceptors (Lipinski definition) is 17. The molecule has 3 aliphatic carbocycles. The smallest absolute Gasteiger partial charge is 0.497 e. The van der Waals surface area contributed by atoms with Crippen molar-refractivity contribution >= 4 is 35.9 Å². The van der Waals surface area contributed by atoms with E-state index in [0.29, 0.717) is 0 Å². The minimum Gasteiger partial charge on any atom is -0.497 e. The molecule has 0 aromatic heterocycles. The lowest BCUT2D eigenvalue weighted by Gasteiger charge is -2.67. The Morgan fingerprint density at radius 1 is 1.03 bits per heavy atom. The van der Waals surface area contributed by atoms with Crippen molar-refractivity contribution in [2.75, 3.05) is 20.8 Å². The molecule has 1 heterocycles. The van der Waals surface area contributed by atoms with Gasteiger partial charge in [0.15, 0.2) is 23.6 Å². The largest absolute Gasteiger partial charge is 0.509 e. The minimum absolute atomic E-state index is 0.0732. The summed E-state index contributed by atoms with van der Waals surface area (Å²) in [5.74, 6) is -6.21. The van der Waals surface area contributed by atoms with Crippen molar-refractivity contribution in [2.45, 2.75) is 134 Å². The topological polar surface area (TPSA) is 249 Å². The van der Waals surface area contributed by atoms with Gasteiger partial charge in [-0.2, -0.15) is 0 Å². The molecular formula is C41H53F2NO17. The average molecular weight is 870 g/mol. The van der Waals surface area contributed by atoms with Gasteiger partial charge in [-0.15, -0.1) is 0 Å². The van der Waals surface area contributed by atoms with Crippen molar-refractivity contribution in [3.05, 3.63) is 41.0 Å². The Labute approximate surface area is 350 Å². The van der Waals surface area contributed by atoms with Gasteiger partial charge in [0.05, 0.1) is 43.8 Å². The third kappa shape index (κ3) is 8.26. The maximum Gasteiger partial charge on any atom is 0.509 e. The molecule has 20 heteroatoms. The van der Waals surface area contributed by atoms with Crippen molar-refractivity contribution in [3.63, 3.8) is 0 Å². The highest BCUT2D eigenvalue weighted by Gasteiger charge is 2.78. The van der Waals surface area contributed by atoms with Crippen LogP contribution < -0.4 is 10.1 Å². The summed E-state index contributed by atoms with van der Waals surface area (Å²) in [5.41, 5.74) is -10.1. The fourth-order valence-electron chi connectivity index (χ4n) is 9.25. The van der Waals surface area contributed by atoms with Crippen LogP contribution in [-0.2, 0) is 47.5 Å². The highest BCUT2D eigenvalue weighted by Crippen LogP contribution is 2.64. The van der Waals surface area contributed by atoms with Crippen LogP contribution in [0.5, 0.6) is 5.75 Å². The van der Waals surface area contributed by atoms with E-state index in [-0.39, 0.29) is 28.9 Å². The number of hydrogen-bond donors (Lipinski definition) is 4. The lowest BCUT2D eigenvalue weighted by Crippen LogP contribution is -2.82. The molecule has 11 atom stereocenters. The standard InChI is InChI=1S/C41H53F2NO17/c1-18-22(57-34(50)27(47)26(32(42)43)44-35(51)61-37(3,4)5)16-41(53)31(59-33(49)20-12-11-13-21(14-20)54-9)29-39(8,23(46)15-24-40(29,17-56-24)60-19(2)45)30(48)28(58-36(52)55-10)25(18)38(41,6)7/h11-14,22-24,26-29,31-32,46-47,53H,15-17H2,1-10H3,(H,44,51)/t22-,23-,24+,26+,27+,28+,29-,31-,39+,40-,41+/m0/s1. The molecule has 1 amide bonds. The van der Waals surface area contributed by atoms with Crippen LogP contribution in [0.3, 0.4) is 0 Å². The second-order valence-corrected chi connectivity index (χ2v) is 17.5. The van der Waals surface area contributed by atoms with E-state index in [1.165, 1.54) is 73.8 Å². The van der Waals surface area contributed by atoms with Gasteiger partial charge in [0.1, 0.15) is 41.3 Å². The van der Waals surface area contributed by atoms with Crippen molar-refractivity contribution in [2.24, 2.45) is 16.7 Å². The monoisotopic (exact) mass is 869 g/mol. The third-order valence-electron chi connectivity index (χ3n) is 12.4.